The molecule has 1 saturated heterocycles. The second-order valence-electron chi connectivity index (χ2n) is 7.22. The molecular weight excluding hydrogens is 399 g/mol. The van der Waals surface area contributed by atoms with Gasteiger partial charge in [0.25, 0.3) is 0 Å². The van der Waals surface area contributed by atoms with Gasteiger partial charge in [0.05, 0.1) is 17.1 Å². The first-order valence-corrected chi connectivity index (χ1v) is 9.79. The minimum Gasteiger partial charge on any atom is -0.408 e. The SMILES string of the molecule is C[C@@H]1CN(c2ccc(F)c(Cl)c2)CCN1C(O)CNc1ccc2[nH]c(=O)oc2c1. The minimum atomic E-state index is -0.683. The first kappa shape index (κ1) is 19.8. The van der Waals surface area contributed by atoms with E-state index < -0.39 is 17.8 Å². The maximum Gasteiger partial charge on any atom is 0.417 e. The zero-order chi connectivity index (χ0) is 20.5. The molecule has 2 aromatic carbocycles. The molecule has 1 unspecified atom stereocenters. The van der Waals surface area contributed by atoms with E-state index in [4.69, 9.17) is 16.0 Å². The number of hydrogen-bond acceptors (Lipinski definition) is 6. The van der Waals surface area contributed by atoms with Crippen LogP contribution in [-0.4, -0.2) is 53.4 Å². The van der Waals surface area contributed by atoms with Gasteiger partial charge in [-0.25, -0.2) is 9.18 Å². The molecule has 3 aromatic rings. The first-order valence-electron chi connectivity index (χ1n) is 9.41. The molecule has 9 heteroatoms. The zero-order valence-corrected chi connectivity index (χ0v) is 16.6. The molecule has 4 rings (SSSR count). The van der Waals surface area contributed by atoms with Gasteiger partial charge in [0.1, 0.15) is 12.0 Å². The molecule has 0 saturated carbocycles. The summed E-state index contributed by atoms with van der Waals surface area (Å²) in [5.74, 6) is -0.924. The molecule has 1 aliphatic rings. The third kappa shape index (κ3) is 4.24. The number of fused-ring (bicyclic) bond motifs is 1. The van der Waals surface area contributed by atoms with E-state index in [0.717, 1.165) is 11.4 Å². The molecule has 0 spiro atoms. The fourth-order valence-electron chi connectivity index (χ4n) is 3.71. The maximum absolute atomic E-state index is 13.4. The molecule has 1 aliphatic heterocycles. The lowest BCUT2D eigenvalue weighted by atomic mass is 10.1. The third-order valence-electron chi connectivity index (χ3n) is 5.24. The number of oxazole rings is 1. The standard InChI is InChI=1S/C20H22ClFN4O3/c1-12-11-25(14-3-4-16(22)15(21)9-14)6-7-26(12)19(27)10-23-13-2-5-17-18(8-13)29-20(28)24-17/h2-5,8-9,12,19,23,27H,6-7,10-11H2,1H3,(H,24,28)/t12-,19?/m1/s1. The summed E-state index contributed by atoms with van der Waals surface area (Å²) in [6, 6.07) is 10.1. The molecule has 2 atom stereocenters. The van der Waals surface area contributed by atoms with Crippen LogP contribution in [0.15, 0.2) is 45.6 Å². The van der Waals surface area contributed by atoms with E-state index in [1.807, 2.05) is 17.9 Å². The summed E-state index contributed by atoms with van der Waals surface area (Å²) >= 11 is 5.90. The summed E-state index contributed by atoms with van der Waals surface area (Å²) in [7, 11) is 0. The molecule has 0 bridgehead atoms. The highest BCUT2D eigenvalue weighted by Gasteiger charge is 2.28. The van der Waals surface area contributed by atoms with Gasteiger partial charge in [-0.1, -0.05) is 11.6 Å². The minimum absolute atomic E-state index is 0.0922. The van der Waals surface area contributed by atoms with Gasteiger partial charge in [0.15, 0.2) is 5.58 Å². The number of aromatic nitrogens is 1. The lowest BCUT2D eigenvalue weighted by molar-refractivity contribution is -0.0159. The highest BCUT2D eigenvalue weighted by atomic mass is 35.5. The second kappa shape index (κ2) is 8.06. The third-order valence-corrected chi connectivity index (χ3v) is 5.53. The summed E-state index contributed by atoms with van der Waals surface area (Å²) < 4.78 is 18.5. The molecule has 0 amide bonds. The van der Waals surface area contributed by atoms with Crippen LogP contribution in [0.5, 0.6) is 0 Å². The van der Waals surface area contributed by atoms with E-state index in [1.165, 1.54) is 6.07 Å². The van der Waals surface area contributed by atoms with Crippen molar-refractivity contribution in [1.82, 2.24) is 9.88 Å². The highest BCUT2D eigenvalue weighted by molar-refractivity contribution is 6.31. The van der Waals surface area contributed by atoms with Crippen LogP contribution in [0.2, 0.25) is 5.02 Å². The molecule has 0 aliphatic carbocycles. The first-order chi connectivity index (χ1) is 13.9. The van der Waals surface area contributed by atoms with E-state index in [2.05, 4.69) is 15.2 Å². The van der Waals surface area contributed by atoms with Gasteiger partial charge in [0, 0.05) is 43.1 Å². The van der Waals surface area contributed by atoms with Crippen LogP contribution in [0, 0.1) is 5.82 Å². The molecule has 7 nitrogen and oxygen atoms in total. The number of nitrogens with one attached hydrogen (secondary N) is 2. The number of anilines is 2. The molecule has 3 N–H and O–H groups in total. The van der Waals surface area contributed by atoms with Crippen molar-refractivity contribution in [2.24, 2.45) is 0 Å². The van der Waals surface area contributed by atoms with Gasteiger partial charge in [-0.05, 0) is 37.3 Å². The van der Waals surface area contributed by atoms with E-state index in [9.17, 15) is 14.3 Å². The highest BCUT2D eigenvalue weighted by Crippen LogP contribution is 2.25. The molecule has 0 radical (unpaired) electrons. The van der Waals surface area contributed by atoms with Crippen molar-refractivity contribution in [1.29, 1.82) is 0 Å². The van der Waals surface area contributed by atoms with E-state index in [0.29, 0.717) is 37.3 Å². The number of nitrogens with zero attached hydrogens (tertiary/aromatic N) is 2. The molecule has 2 heterocycles. The molecular formula is C20H22ClFN4O3. The Kier molecular flexibility index (Phi) is 5.49. The van der Waals surface area contributed by atoms with Crippen LogP contribution in [0.3, 0.4) is 0 Å². The van der Waals surface area contributed by atoms with Crippen LogP contribution >= 0.6 is 11.6 Å². The van der Waals surface area contributed by atoms with Crippen LogP contribution in [0.1, 0.15) is 6.92 Å². The van der Waals surface area contributed by atoms with Crippen LogP contribution < -0.4 is 16.0 Å². The Hall–Kier alpha value is -2.55. The average molecular weight is 421 g/mol. The smallest absolute Gasteiger partial charge is 0.408 e. The monoisotopic (exact) mass is 420 g/mol. The summed E-state index contributed by atoms with van der Waals surface area (Å²) in [6.45, 7) is 4.42. The Balaban J connectivity index is 1.35. The average Bonchev–Trinajstić information content (AvgIpc) is 3.07. The summed E-state index contributed by atoms with van der Waals surface area (Å²) in [5.41, 5.74) is 2.73. The van der Waals surface area contributed by atoms with Crippen molar-refractivity contribution in [2.45, 2.75) is 19.2 Å². The summed E-state index contributed by atoms with van der Waals surface area (Å²) in [6.07, 6.45) is -0.683. The summed E-state index contributed by atoms with van der Waals surface area (Å²) in [5, 5.41) is 13.9. The Morgan fingerprint density at radius 1 is 1.34 bits per heavy atom. The Morgan fingerprint density at radius 2 is 2.17 bits per heavy atom. The van der Waals surface area contributed by atoms with Crippen molar-refractivity contribution in [2.75, 3.05) is 36.4 Å². The number of aliphatic hydroxyl groups is 1. The van der Waals surface area contributed by atoms with Crippen molar-refractivity contribution < 1.29 is 13.9 Å². The predicted octanol–water partition coefficient (Wildman–Crippen LogP) is 2.85. The number of aromatic amines is 1. The number of aliphatic hydroxyl groups excluding tert-OH is 1. The number of hydrogen-bond donors (Lipinski definition) is 3. The molecule has 1 aromatic heterocycles. The largest absolute Gasteiger partial charge is 0.417 e. The van der Waals surface area contributed by atoms with Gasteiger partial charge in [-0.3, -0.25) is 9.88 Å². The number of halogens is 2. The number of H-pyrrole nitrogens is 1. The number of piperazine rings is 1. The maximum atomic E-state index is 13.4. The van der Waals surface area contributed by atoms with Crippen LogP contribution in [-0.2, 0) is 0 Å². The molecule has 154 valence electrons. The van der Waals surface area contributed by atoms with Crippen molar-refractivity contribution >= 4 is 34.1 Å². The van der Waals surface area contributed by atoms with E-state index in [1.54, 1.807) is 24.3 Å². The van der Waals surface area contributed by atoms with Crippen LogP contribution in [0.25, 0.3) is 11.1 Å². The van der Waals surface area contributed by atoms with Crippen molar-refractivity contribution in [3.63, 3.8) is 0 Å². The Labute approximate surface area is 171 Å². The van der Waals surface area contributed by atoms with Gasteiger partial charge < -0.3 is 19.7 Å². The van der Waals surface area contributed by atoms with E-state index >= 15 is 0 Å². The fraction of sp³-hybridized carbons (Fsp3) is 0.350. The Morgan fingerprint density at radius 3 is 2.93 bits per heavy atom. The lowest BCUT2D eigenvalue weighted by Crippen LogP contribution is -2.57. The van der Waals surface area contributed by atoms with Gasteiger partial charge in [0.2, 0.25) is 0 Å². The van der Waals surface area contributed by atoms with Crippen LogP contribution in [0.4, 0.5) is 15.8 Å². The van der Waals surface area contributed by atoms with Gasteiger partial charge in [-0.15, -0.1) is 0 Å². The van der Waals surface area contributed by atoms with Crippen molar-refractivity contribution in [3.8, 4) is 0 Å². The summed E-state index contributed by atoms with van der Waals surface area (Å²) in [4.78, 5) is 18.0. The lowest BCUT2D eigenvalue weighted by Gasteiger charge is -2.43. The zero-order valence-electron chi connectivity index (χ0n) is 15.9. The normalized spacial score (nSPS) is 18.9. The number of rotatable bonds is 5. The van der Waals surface area contributed by atoms with Gasteiger partial charge >= 0.3 is 5.76 Å². The molecule has 1 fully saturated rings. The Bertz CT molecular complexity index is 1070. The topological polar surface area (TPSA) is 84.7 Å². The number of benzene rings is 2. The molecule has 29 heavy (non-hydrogen) atoms. The quantitative estimate of drug-likeness (QED) is 0.588. The van der Waals surface area contributed by atoms with E-state index in [-0.39, 0.29) is 11.1 Å². The second-order valence-corrected chi connectivity index (χ2v) is 7.63. The van der Waals surface area contributed by atoms with Gasteiger partial charge in [-0.2, -0.15) is 0 Å². The van der Waals surface area contributed by atoms with Crippen molar-refractivity contribution in [3.05, 3.63) is 57.8 Å². The predicted molar refractivity (Wildman–Crippen MR) is 111 cm³/mol. The fourth-order valence-corrected chi connectivity index (χ4v) is 3.89.